The van der Waals surface area contributed by atoms with Gasteiger partial charge in [-0.15, -0.1) is 0 Å². The second-order valence-corrected chi connectivity index (χ2v) is 6.61. The third kappa shape index (κ3) is 3.46. The van der Waals surface area contributed by atoms with Gasteiger partial charge in [0, 0.05) is 37.7 Å². The minimum absolute atomic E-state index is 0.330. The molecule has 106 valence electrons. The van der Waals surface area contributed by atoms with Crippen LogP contribution in [0.2, 0.25) is 0 Å². The Morgan fingerprint density at radius 1 is 1.32 bits per heavy atom. The second-order valence-electron chi connectivity index (χ2n) is 4.60. The maximum atomic E-state index is 11.6. The Morgan fingerprint density at radius 2 is 2.00 bits per heavy atom. The average Bonchev–Trinajstić information content (AvgIpc) is 2.39. The van der Waals surface area contributed by atoms with Crippen molar-refractivity contribution in [2.24, 2.45) is 0 Å². The van der Waals surface area contributed by atoms with Crippen LogP contribution < -0.4 is 4.90 Å². The summed E-state index contributed by atoms with van der Waals surface area (Å²) < 4.78 is 33.7. The summed E-state index contributed by atoms with van der Waals surface area (Å²) in [5, 5.41) is 0. The zero-order valence-corrected chi connectivity index (χ0v) is 12.1. The molecule has 1 heterocycles. The first-order valence-corrected chi connectivity index (χ1v) is 8.06. The number of anilines is 1. The molecular formula is C13H19NO4S. The van der Waals surface area contributed by atoms with Gasteiger partial charge in [-0.25, -0.2) is 8.42 Å². The Bertz CT molecular complexity index is 536. The van der Waals surface area contributed by atoms with Gasteiger partial charge in [0.05, 0.1) is 24.7 Å². The molecule has 0 bridgehead atoms. The molecule has 6 heteroatoms. The van der Waals surface area contributed by atoms with Crippen molar-refractivity contribution in [3.8, 4) is 0 Å². The first-order valence-electron chi connectivity index (χ1n) is 6.17. The smallest absolute Gasteiger partial charge is 0.175 e. The number of morpholine rings is 1. The van der Waals surface area contributed by atoms with Crippen LogP contribution in [0.5, 0.6) is 0 Å². The first-order chi connectivity index (χ1) is 9.02. The minimum Gasteiger partial charge on any atom is -0.380 e. The molecule has 1 saturated heterocycles. The van der Waals surface area contributed by atoms with E-state index < -0.39 is 9.84 Å². The van der Waals surface area contributed by atoms with E-state index in [0.29, 0.717) is 24.7 Å². The van der Waals surface area contributed by atoms with Crippen molar-refractivity contribution in [2.45, 2.75) is 11.5 Å². The summed E-state index contributed by atoms with van der Waals surface area (Å²) in [5.41, 5.74) is 1.92. The fourth-order valence-corrected chi connectivity index (χ4v) is 2.85. The van der Waals surface area contributed by atoms with Gasteiger partial charge >= 0.3 is 0 Å². The zero-order chi connectivity index (χ0) is 13.9. The van der Waals surface area contributed by atoms with E-state index in [9.17, 15) is 8.42 Å². The molecule has 1 fully saturated rings. The molecule has 0 radical (unpaired) electrons. The maximum Gasteiger partial charge on any atom is 0.175 e. The molecule has 1 aromatic carbocycles. The van der Waals surface area contributed by atoms with Crippen molar-refractivity contribution >= 4 is 15.5 Å². The highest BCUT2D eigenvalue weighted by Crippen LogP contribution is 2.25. The summed E-state index contributed by atoms with van der Waals surface area (Å²) >= 11 is 0. The molecule has 0 saturated carbocycles. The third-order valence-corrected chi connectivity index (χ3v) is 4.24. The van der Waals surface area contributed by atoms with Gasteiger partial charge in [-0.2, -0.15) is 0 Å². The van der Waals surface area contributed by atoms with Gasteiger partial charge in [0.1, 0.15) is 0 Å². The lowest BCUT2D eigenvalue weighted by Crippen LogP contribution is -2.36. The monoisotopic (exact) mass is 285 g/mol. The summed E-state index contributed by atoms with van der Waals surface area (Å²) in [4.78, 5) is 2.53. The van der Waals surface area contributed by atoms with E-state index >= 15 is 0 Å². The van der Waals surface area contributed by atoms with E-state index in [4.69, 9.17) is 9.47 Å². The third-order valence-electron chi connectivity index (χ3n) is 3.13. The number of hydrogen-bond donors (Lipinski definition) is 0. The predicted molar refractivity (Wildman–Crippen MR) is 73.3 cm³/mol. The van der Waals surface area contributed by atoms with Gasteiger partial charge in [-0.05, 0) is 18.2 Å². The van der Waals surface area contributed by atoms with Crippen LogP contribution in [0.15, 0.2) is 23.1 Å². The van der Waals surface area contributed by atoms with Crippen molar-refractivity contribution in [3.63, 3.8) is 0 Å². The van der Waals surface area contributed by atoms with E-state index in [-0.39, 0.29) is 0 Å². The number of methoxy groups -OCH3 is 1. The molecule has 0 spiro atoms. The average molecular weight is 285 g/mol. The van der Waals surface area contributed by atoms with Crippen LogP contribution in [0.4, 0.5) is 5.69 Å². The van der Waals surface area contributed by atoms with Crippen LogP contribution in [0.1, 0.15) is 5.56 Å². The Balaban J connectivity index is 2.37. The lowest BCUT2D eigenvalue weighted by Gasteiger charge is -2.30. The molecule has 0 N–H and O–H groups in total. The molecule has 0 aromatic heterocycles. The van der Waals surface area contributed by atoms with Gasteiger partial charge in [0.15, 0.2) is 9.84 Å². The summed E-state index contributed by atoms with van der Waals surface area (Å²) in [6.45, 7) is 3.42. The van der Waals surface area contributed by atoms with Crippen molar-refractivity contribution in [3.05, 3.63) is 23.8 Å². The van der Waals surface area contributed by atoms with Crippen molar-refractivity contribution in [2.75, 3.05) is 44.6 Å². The second kappa shape index (κ2) is 5.90. The lowest BCUT2D eigenvalue weighted by atomic mass is 10.1. The van der Waals surface area contributed by atoms with Crippen LogP contribution in [0.3, 0.4) is 0 Å². The highest BCUT2D eigenvalue weighted by Gasteiger charge is 2.17. The van der Waals surface area contributed by atoms with Crippen molar-refractivity contribution in [1.82, 2.24) is 0 Å². The van der Waals surface area contributed by atoms with Crippen LogP contribution in [-0.2, 0) is 25.9 Å². The Morgan fingerprint density at radius 3 is 2.58 bits per heavy atom. The first kappa shape index (κ1) is 14.3. The van der Waals surface area contributed by atoms with Gasteiger partial charge in [0.25, 0.3) is 0 Å². The van der Waals surface area contributed by atoms with Crippen LogP contribution in [0, 0.1) is 0 Å². The van der Waals surface area contributed by atoms with Gasteiger partial charge in [0.2, 0.25) is 0 Å². The Labute approximate surface area is 114 Å². The topological polar surface area (TPSA) is 55.8 Å². The highest BCUT2D eigenvalue weighted by atomic mass is 32.2. The van der Waals surface area contributed by atoms with E-state index in [2.05, 4.69) is 4.90 Å². The molecule has 1 aromatic rings. The van der Waals surface area contributed by atoms with Crippen LogP contribution >= 0.6 is 0 Å². The summed E-state index contributed by atoms with van der Waals surface area (Å²) in [6, 6.07) is 5.21. The largest absolute Gasteiger partial charge is 0.380 e. The molecular weight excluding hydrogens is 266 g/mol. The molecule has 2 rings (SSSR count). The Kier molecular flexibility index (Phi) is 4.44. The molecule has 0 unspecified atom stereocenters. The fourth-order valence-electron chi connectivity index (χ4n) is 2.18. The normalized spacial score (nSPS) is 16.6. The molecule has 5 nitrogen and oxygen atoms in total. The van der Waals surface area contributed by atoms with Crippen LogP contribution in [-0.4, -0.2) is 48.1 Å². The van der Waals surface area contributed by atoms with E-state index in [1.807, 2.05) is 6.07 Å². The number of benzene rings is 1. The quantitative estimate of drug-likeness (QED) is 0.828. The van der Waals surface area contributed by atoms with Gasteiger partial charge < -0.3 is 14.4 Å². The summed E-state index contributed by atoms with van der Waals surface area (Å²) in [6.07, 6.45) is 1.22. The van der Waals surface area contributed by atoms with E-state index in [0.717, 1.165) is 24.3 Å². The minimum atomic E-state index is -3.19. The van der Waals surface area contributed by atoms with E-state index in [1.54, 1.807) is 19.2 Å². The van der Waals surface area contributed by atoms with Crippen molar-refractivity contribution < 1.29 is 17.9 Å². The fraction of sp³-hybridized carbons (Fsp3) is 0.538. The number of sulfone groups is 1. The Hall–Kier alpha value is -1.11. The SMILES string of the molecule is COCc1cc(S(C)(=O)=O)ccc1N1CCOCC1. The maximum absolute atomic E-state index is 11.6. The highest BCUT2D eigenvalue weighted by molar-refractivity contribution is 7.90. The van der Waals surface area contributed by atoms with Crippen molar-refractivity contribution in [1.29, 1.82) is 0 Å². The van der Waals surface area contributed by atoms with Gasteiger partial charge in [-0.1, -0.05) is 0 Å². The van der Waals surface area contributed by atoms with Crippen LogP contribution in [0.25, 0.3) is 0 Å². The molecule has 19 heavy (non-hydrogen) atoms. The predicted octanol–water partition coefficient (Wildman–Crippen LogP) is 1.07. The lowest BCUT2D eigenvalue weighted by molar-refractivity contribution is 0.122. The number of nitrogens with zero attached hydrogens (tertiary/aromatic N) is 1. The number of ether oxygens (including phenoxy) is 2. The van der Waals surface area contributed by atoms with E-state index in [1.165, 1.54) is 6.26 Å². The molecule has 1 aliphatic rings. The number of hydrogen-bond acceptors (Lipinski definition) is 5. The van der Waals surface area contributed by atoms with Gasteiger partial charge in [-0.3, -0.25) is 0 Å². The molecule has 0 atom stereocenters. The summed E-state index contributed by atoms with van der Waals surface area (Å²) in [5.74, 6) is 0. The molecule has 1 aliphatic heterocycles. The molecule has 0 amide bonds. The standard InChI is InChI=1S/C13H19NO4S/c1-17-10-11-9-12(19(2,15)16)3-4-13(11)14-5-7-18-8-6-14/h3-4,9H,5-8,10H2,1-2H3. The molecule has 0 aliphatic carbocycles. The summed E-state index contributed by atoms with van der Waals surface area (Å²) in [7, 11) is -1.58. The number of rotatable bonds is 4. The zero-order valence-electron chi connectivity index (χ0n) is 11.3.